The van der Waals surface area contributed by atoms with Gasteiger partial charge in [-0.1, -0.05) is 61.7 Å². The van der Waals surface area contributed by atoms with Crippen molar-refractivity contribution in [1.29, 1.82) is 0 Å². The van der Waals surface area contributed by atoms with Crippen LogP contribution in [0.3, 0.4) is 0 Å². The van der Waals surface area contributed by atoms with Crippen LogP contribution >= 0.6 is 11.6 Å². The number of aromatic amines is 1. The van der Waals surface area contributed by atoms with Gasteiger partial charge in [-0.05, 0) is 192 Å². The van der Waals surface area contributed by atoms with E-state index in [0.29, 0.717) is 49.6 Å². The van der Waals surface area contributed by atoms with Crippen molar-refractivity contribution in [2.45, 2.75) is 108 Å². The largest absolute Gasteiger partial charge is 0.455 e. The standard InChI is InChI=1S/C67H80ClN11O9S/c1-67(2)26-22-49(56(40-67)47-12-14-50(68)15-13-47)43-76-33-35-77(36-34-76)51-16-18-55(61(38-51)88-52-37-48-23-27-69-63(48)71-42-52)64(81)73-89(86,87)53-17-19-58(60(39-53)79(84)85)70-41-45-24-31-75(32-25-45)30-8-29-74(3)28-6-4-5-9-46-10-7-11-54-57(46)44-78(66(54)83)59-20-21-62(80)72-65(59)82/h7,10-19,23,27,37-39,42,45,59,70H,4-6,8-9,20-22,24-26,28-36,40-41,43-44H2,1-3H3,(H,69,71)(H,73,81)(H,72,80,82). The third-order valence-electron chi connectivity index (χ3n) is 18.5. The minimum atomic E-state index is -4.62. The Hall–Kier alpha value is -7.69. The van der Waals surface area contributed by atoms with E-state index >= 15 is 0 Å². The van der Waals surface area contributed by atoms with Crippen molar-refractivity contribution in [2.24, 2.45) is 11.3 Å². The molecule has 4 N–H and O–H groups in total. The molecule has 6 aromatic rings. The quantitative estimate of drug-likeness (QED) is 0.0191. The van der Waals surface area contributed by atoms with Gasteiger partial charge in [-0.3, -0.25) is 39.5 Å². The number of hydrogen-bond donors (Lipinski definition) is 4. The molecule has 470 valence electrons. The lowest BCUT2D eigenvalue weighted by Gasteiger charge is -2.39. The number of piperazine rings is 1. The molecule has 22 heteroatoms. The van der Waals surface area contributed by atoms with Crippen LogP contribution in [-0.2, 0) is 32.6 Å². The summed E-state index contributed by atoms with van der Waals surface area (Å²) in [5.74, 6) is -1.07. The molecule has 1 unspecified atom stereocenters. The van der Waals surface area contributed by atoms with Crippen LogP contribution in [0.2, 0.25) is 5.02 Å². The number of rotatable bonds is 24. The molecule has 1 atom stereocenters. The van der Waals surface area contributed by atoms with Crippen molar-refractivity contribution >= 4 is 78.9 Å². The number of likely N-dealkylation sites (tertiary alicyclic amines) is 1. The topological polar surface area (TPSA) is 236 Å². The molecule has 3 saturated heterocycles. The Labute approximate surface area is 525 Å². The number of imide groups is 1. The minimum absolute atomic E-state index is 0.0460. The fourth-order valence-electron chi connectivity index (χ4n) is 13.3. The molecule has 0 spiro atoms. The molecule has 20 nitrogen and oxygen atoms in total. The number of nitrogens with zero attached hydrogens (tertiary/aromatic N) is 7. The maximum absolute atomic E-state index is 14.2. The highest BCUT2D eigenvalue weighted by Gasteiger charge is 2.40. The lowest BCUT2D eigenvalue weighted by molar-refractivity contribution is -0.384. The summed E-state index contributed by atoms with van der Waals surface area (Å²) in [5.41, 5.74) is 8.28. The number of H-pyrrole nitrogens is 1. The van der Waals surface area contributed by atoms with Gasteiger partial charge in [0, 0.05) is 92.2 Å². The second-order valence-corrected chi connectivity index (χ2v) is 27.5. The number of amides is 4. The molecule has 0 radical (unpaired) electrons. The second kappa shape index (κ2) is 27.6. The third kappa shape index (κ3) is 15.3. The van der Waals surface area contributed by atoms with Crippen molar-refractivity contribution in [3.8, 4) is 11.5 Å². The number of nitro benzene ring substituents is 1. The van der Waals surface area contributed by atoms with Gasteiger partial charge in [0.1, 0.15) is 28.9 Å². The van der Waals surface area contributed by atoms with E-state index in [2.05, 4.69) is 84.0 Å². The number of pyridine rings is 1. The number of sulfonamides is 1. The number of nitrogens with one attached hydrogen (secondary N) is 4. The van der Waals surface area contributed by atoms with Crippen molar-refractivity contribution in [3.05, 3.63) is 152 Å². The number of anilines is 2. The van der Waals surface area contributed by atoms with Crippen molar-refractivity contribution in [2.75, 3.05) is 89.3 Å². The van der Waals surface area contributed by atoms with E-state index in [1.165, 1.54) is 35.0 Å². The molecule has 11 rings (SSSR count). The van der Waals surface area contributed by atoms with Crippen molar-refractivity contribution < 1.29 is 37.3 Å². The first kappa shape index (κ1) is 62.9. The van der Waals surface area contributed by atoms with Gasteiger partial charge in [0.05, 0.1) is 21.6 Å². The van der Waals surface area contributed by atoms with Crippen LogP contribution in [0.25, 0.3) is 16.6 Å². The van der Waals surface area contributed by atoms with Gasteiger partial charge in [0.25, 0.3) is 27.5 Å². The lowest BCUT2D eigenvalue weighted by Crippen LogP contribution is -2.52. The smallest absolute Gasteiger partial charge is 0.293 e. The molecule has 3 fully saturated rings. The van der Waals surface area contributed by atoms with E-state index in [1.807, 2.05) is 30.3 Å². The zero-order valence-electron chi connectivity index (χ0n) is 51.0. The predicted octanol–water partition coefficient (Wildman–Crippen LogP) is 10.4. The highest BCUT2D eigenvalue weighted by molar-refractivity contribution is 7.90. The lowest BCUT2D eigenvalue weighted by atomic mass is 9.72. The summed E-state index contributed by atoms with van der Waals surface area (Å²) in [6.45, 7) is 14.2. The Morgan fingerprint density at radius 2 is 1.67 bits per heavy atom. The number of benzene rings is 4. The minimum Gasteiger partial charge on any atom is -0.455 e. The summed E-state index contributed by atoms with van der Waals surface area (Å²) in [4.78, 5) is 81.8. The number of allylic oxidation sites excluding steroid dienone is 1. The average molecular weight is 1250 g/mol. The number of carbonyl (C=O) groups is 4. The zero-order valence-corrected chi connectivity index (χ0v) is 52.6. The highest BCUT2D eigenvalue weighted by atomic mass is 35.5. The van der Waals surface area contributed by atoms with Gasteiger partial charge >= 0.3 is 0 Å². The average Bonchev–Trinajstić information content (AvgIpc) is 1.83. The van der Waals surface area contributed by atoms with E-state index < -0.39 is 43.4 Å². The maximum atomic E-state index is 14.2. The van der Waals surface area contributed by atoms with Crippen LogP contribution in [-0.4, -0.2) is 152 Å². The van der Waals surface area contributed by atoms with E-state index in [4.69, 9.17) is 16.3 Å². The third-order valence-corrected chi connectivity index (χ3v) is 20.1. The normalized spacial score (nSPS) is 18.6. The molecule has 1 aliphatic carbocycles. The fourth-order valence-corrected chi connectivity index (χ4v) is 14.4. The van der Waals surface area contributed by atoms with Gasteiger partial charge in [-0.15, -0.1) is 0 Å². The van der Waals surface area contributed by atoms with E-state index in [9.17, 15) is 37.7 Å². The number of fused-ring (bicyclic) bond motifs is 2. The summed E-state index contributed by atoms with van der Waals surface area (Å²) in [6, 6.07) is 25.7. The molecule has 2 aromatic heterocycles. The van der Waals surface area contributed by atoms with Crippen LogP contribution < -0.4 is 25.0 Å². The summed E-state index contributed by atoms with van der Waals surface area (Å²) in [7, 11) is -2.46. The Morgan fingerprint density at radius 3 is 2.45 bits per heavy atom. The van der Waals surface area contributed by atoms with Gasteiger partial charge in [-0.25, -0.2) is 18.1 Å². The van der Waals surface area contributed by atoms with Crippen LogP contribution in [0.5, 0.6) is 11.5 Å². The first-order valence-corrected chi connectivity index (χ1v) is 33.1. The Kier molecular flexibility index (Phi) is 19.5. The van der Waals surface area contributed by atoms with E-state index in [0.717, 1.165) is 150 Å². The van der Waals surface area contributed by atoms with Crippen LogP contribution in [0, 0.1) is 21.4 Å². The Bertz CT molecular complexity index is 3760. The zero-order chi connectivity index (χ0) is 62.4. The van der Waals surface area contributed by atoms with Crippen molar-refractivity contribution in [3.63, 3.8) is 0 Å². The van der Waals surface area contributed by atoms with Crippen LogP contribution in [0.15, 0.2) is 114 Å². The summed E-state index contributed by atoms with van der Waals surface area (Å²) in [5, 5.41) is 19.6. The SMILES string of the molecule is CN(CCCCCc1cccc2c1CN(C1CCC(=O)NC1=O)C2=O)CCCN1CCC(CNc2ccc(S(=O)(=O)NC(=O)c3ccc(N4CCN(CC5=C(c6ccc(Cl)cc6)CC(C)(C)CC5)CC4)cc3Oc3cnc4[nH]ccc4c3)cc2[N+](=O)[O-])CC1. The molecule has 4 aromatic carbocycles. The molecule has 4 aliphatic heterocycles. The van der Waals surface area contributed by atoms with E-state index in [-0.39, 0.29) is 46.6 Å². The second-order valence-electron chi connectivity index (χ2n) is 25.4. The molecule has 0 bridgehead atoms. The van der Waals surface area contributed by atoms with Gasteiger partial charge < -0.3 is 34.6 Å². The Balaban J connectivity index is 0.642. The number of aryl methyl sites for hydroxylation is 1. The maximum Gasteiger partial charge on any atom is 0.293 e. The van der Waals surface area contributed by atoms with E-state index in [1.54, 1.807) is 35.4 Å². The van der Waals surface area contributed by atoms with Gasteiger partial charge in [0.2, 0.25) is 11.8 Å². The molecule has 89 heavy (non-hydrogen) atoms. The van der Waals surface area contributed by atoms with Crippen LogP contribution in [0.1, 0.15) is 122 Å². The number of aromatic nitrogens is 2. The first-order valence-electron chi connectivity index (χ1n) is 31.3. The first-order chi connectivity index (χ1) is 42.8. The number of ether oxygens (including phenoxy) is 1. The monoisotopic (exact) mass is 1250 g/mol. The number of hydrogen-bond acceptors (Lipinski definition) is 15. The fraction of sp³-hybridized carbons (Fsp3) is 0.448. The summed E-state index contributed by atoms with van der Waals surface area (Å²) < 4.78 is 36.5. The molecular weight excluding hydrogens is 1170 g/mol. The summed E-state index contributed by atoms with van der Waals surface area (Å²) in [6.07, 6.45) is 13.9. The predicted molar refractivity (Wildman–Crippen MR) is 345 cm³/mol. The number of nitro groups is 1. The van der Waals surface area contributed by atoms with Crippen molar-refractivity contribution in [1.82, 2.24) is 39.6 Å². The number of piperidine rings is 2. The van der Waals surface area contributed by atoms with Gasteiger partial charge in [0.15, 0.2) is 0 Å². The summed E-state index contributed by atoms with van der Waals surface area (Å²) >= 11 is 6.28. The number of unbranched alkanes of at least 4 members (excludes halogenated alkanes) is 2. The molecule has 6 heterocycles. The van der Waals surface area contributed by atoms with Gasteiger partial charge in [-0.2, -0.15) is 0 Å². The molecule has 0 saturated carbocycles. The van der Waals surface area contributed by atoms with Crippen LogP contribution in [0.4, 0.5) is 17.1 Å². The molecule has 4 amide bonds. The number of carbonyl (C=O) groups excluding carboxylic acids is 4. The molecular formula is C67H80ClN11O9S. The highest BCUT2D eigenvalue weighted by Crippen LogP contribution is 2.44. The number of halogens is 1. The molecule has 5 aliphatic rings. The Morgan fingerprint density at radius 1 is 0.888 bits per heavy atom.